The van der Waals surface area contributed by atoms with E-state index in [1.807, 2.05) is 24.3 Å². The molecule has 66 valence electrons. The molecule has 0 radical (unpaired) electrons. The standard InChI is InChI=1S/C9H14N2S/c10-6-3-7-12-9-5-2-1-4-8(9)11/h1-2,4-5H,3,6-7,10-11H2. The van der Waals surface area contributed by atoms with Crippen molar-refractivity contribution in [2.75, 3.05) is 18.0 Å². The number of benzene rings is 1. The zero-order valence-electron chi connectivity index (χ0n) is 6.99. The maximum atomic E-state index is 5.75. The van der Waals surface area contributed by atoms with Gasteiger partial charge in [0, 0.05) is 10.6 Å². The number of thioether (sulfide) groups is 1. The van der Waals surface area contributed by atoms with Crippen molar-refractivity contribution >= 4 is 17.4 Å². The summed E-state index contributed by atoms with van der Waals surface area (Å²) in [5, 5.41) is 0. The number of para-hydroxylation sites is 1. The predicted molar refractivity (Wildman–Crippen MR) is 55.2 cm³/mol. The molecule has 0 aliphatic heterocycles. The summed E-state index contributed by atoms with van der Waals surface area (Å²) >= 11 is 1.77. The molecule has 0 heterocycles. The molecule has 12 heavy (non-hydrogen) atoms. The zero-order valence-corrected chi connectivity index (χ0v) is 7.81. The normalized spacial score (nSPS) is 10.1. The van der Waals surface area contributed by atoms with E-state index in [0.29, 0.717) is 0 Å². The van der Waals surface area contributed by atoms with Crippen molar-refractivity contribution < 1.29 is 0 Å². The van der Waals surface area contributed by atoms with Crippen molar-refractivity contribution in [2.24, 2.45) is 5.73 Å². The van der Waals surface area contributed by atoms with Gasteiger partial charge >= 0.3 is 0 Å². The van der Waals surface area contributed by atoms with E-state index in [4.69, 9.17) is 11.5 Å². The molecule has 4 N–H and O–H groups in total. The summed E-state index contributed by atoms with van der Waals surface area (Å²) in [6.07, 6.45) is 1.04. The number of anilines is 1. The first-order valence-corrected chi connectivity index (χ1v) is 5.00. The van der Waals surface area contributed by atoms with Gasteiger partial charge in [0.15, 0.2) is 0 Å². The van der Waals surface area contributed by atoms with Crippen LogP contribution in [0.15, 0.2) is 29.2 Å². The van der Waals surface area contributed by atoms with Crippen molar-refractivity contribution in [2.45, 2.75) is 11.3 Å². The second-order valence-corrected chi connectivity index (χ2v) is 3.67. The molecule has 3 heteroatoms. The third kappa shape index (κ3) is 2.75. The molecule has 1 aromatic rings. The van der Waals surface area contributed by atoms with Crippen molar-refractivity contribution in [1.29, 1.82) is 0 Å². The van der Waals surface area contributed by atoms with Crippen LogP contribution in [-0.2, 0) is 0 Å². The lowest BCUT2D eigenvalue weighted by Gasteiger charge is -2.03. The maximum absolute atomic E-state index is 5.75. The fourth-order valence-electron chi connectivity index (χ4n) is 0.877. The topological polar surface area (TPSA) is 52.0 Å². The Morgan fingerprint density at radius 3 is 2.67 bits per heavy atom. The van der Waals surface area contributed by atoms with Gasteiger partial charge in [-0.15, -0.1) is 11.8 Å². The third-order valence-corrected chi connectivity index (χ3v) is 2.70. The molecule has 0 amide bonds. The number of nitrogens with two attached hydrogens (primary N) is 2. The van der Waals surface area contributed by atoms with Crippen LogP contribution in [0, 0.1) is 0 Å². The van der Waals surface area contributed by atoms with Crippen molar-refractivity contribution in [3.05, 3.63) is 24.3 Å². The Bertz CT molecular complexity index is 238. The monoisotopic (exact) mass is 182 g/mol. The second-order valence-electron chi connectivity index (χ2n) is 2.53. The molecule has 0 fully saturated rings. The molecule has 2 nitrogen and oxygen atoms in total. The average Bonchev–Trinajstić information content (AvgIpc) is 2.09. The van der Waals surface area contributed by atoms with Crippen LogP contribution in [0.25, 0.3) is 0 Å². The number of hydrogen-bond acceptors (Lipinski definition) is 3. The van der Waals surface area contributed by atoms with Crippen LogP contribution < -0.4 is 11.5 Å². The molecule has 0 spiro atoms. The molecular weight excluding hydrogens is 168 g/mol. The van der Waals surface area contributed by atoms with Gasteiger partial charge in [0.25, 0.3) is 0 Å². The highest BCUT2D eigenvalue weighted by atomic mass is 32.2. The Hall–Kier alpha value is -0.670. The summed E-state index contributed by atoms with van der Waals surface area (Å²) in [6.45, 7) is 0.750. The van der Waals surface area contributed by atoms with Crippen LogP contribution in [0.2, 0.25) is 0 Å². The molecule has 0 saturated heterocycles. The SMILES string of the molecule is NCCCSc1ccccc1N. The fourth-order valence-corrected chi connectivity index (χ4v) is 1.82. The van der Waals surface area contributed by atoms with Gasteiger partial charge in [0.1, 0.15) is 0 Å². The molecule has 0 aromatic heterocycles. The van der Waals surface area contributed by atoms with E-state index in [9.17, 15) is 0 Å². The largest absolute Gasteiger partial charge is 0.398 e. The molecule has 0 unspecified atom stereocenters. The highest BCUT2D eigenvalue weighted by molar-refractivity contribution is 7.99. The van der Waals surface area contributed by atoms with E-state index in [-0.39, 0.29) is 0 Å². The number of rotatable bonds is 4. The van der Waals surface area contributed by atoms with Crippen molar-refractivity contribution in [1.82, 2.24) is 0 Å². The highest BCUT2D eigenvalue weighted by Gasteiger charge is 1.96. The summed E-state index contributed by atoms with van der Waals surface area (Å²) in [5.41, 5.74) is 12.0. The molecule has 0 bridgehead atoms. The molecule has 0 saturated carbocycles. The minimum absolute atomic E-state index is 0.750. The molecule has 1 aromatic carbocycles. The average molecular weight is 182 g/mol. The van der Waals surface area contributed by atoms with Crippen LogP contribution in [0.1, 0.15) is 6.42 Å². The van der Waals surface area contributed by atoms with Gasteiger partial charge in [-0.3, -0.25) is 0 Å². The molecule has 1 rings (SSSR count). The fraction of sp³-hybridized carbons (Fsp3) is 0.333. The van der Waals surface area contributed by atoms with E-state index >= 15 is 0 Å². The Labute approximate surface area is 77.3 Å². The van der Waals surface area contributed by atoms with Gasteiger partial charge in [-0.2, -0.15) is 0 Å². The van der Waals surface area contributed by atoms with Crippen LogP contribution >= 0.6 is 11.8 Å². The summed E-state index contributed by atoms with van der Waals surface area (Å²) in [4.78, 5) is 1.16. The van der Waals surface area contributed by atoms with Gasteiger partial charge in [0.2, 0.25) is 0 Å². The molecule has 0 aliphatic carbocycles. The van der Waals surface area contributed by atoms with Crippen molar-refractivity contribution in [3.63, 3.8) is 0 Å². The first kappa shape index (κ1) is 9.42. The van der Waals surface area contributed by atoms with E-state index in [1.165, 1.54) is 0 Å². The lowest BCUT2D eigenvalue weighted by atomic mass is 10.3. The molecule has 0 atom stereocenters. The molecule has 0 aliphatic rings. The third-order valence-electron chi connectivity index (χ3n) is 1.53. The van der Waals surface area contributed by atoms with Crippen LogP contribution in [-0.4, -0.2) is 12.3 Å². The number of nitrogen functional groups attached to an aromatic ring is 1. The van der Waals surface area contributed by atoms with Crippen molar-refractivity contribution in [3.8, 4) is 0 Å². The second kappa shape index (κ2) is 5.06. The lowest BCUT2D eigenvalue weighted by molar-refractivity contribution is 0.943. The van der Waals surface area contributed by atoms with E-state index in [0.717, 1.165) is 29.3 Å². The van der Waals surface area contributed by atoms with E-state index < -0.39 is 0 Å². The summed E-state index contributed by atoms with van der Waals surface area (Å²) in [7, 11) is 0. The van der Waals surface area contributed by atoms with E-state index in [1.54, 1.807) is 11.8 Å². The van der Waals surface area contributed by atoms with Crippen LogP contribution in [0.3, 0.4) is 0 Å². The van der Waals surface area contributed by atoms with Gasteiger partial charge in [0.05, 0.1) is 0 Å². The Balaban J connectivity index is 2.46. The van der Waals surface area contributed by atoms with Gasteiger partial charge < -0.3 is 11.5 Å². The Kier molecular flexibility index (Phi) is 3.97. The predicted octanol–water partition coefficient (Wildman–Crippen LogP) is 1.71. The highest BCUT2D eigenvalue weighted by Crippen LogP contribution is 2.24. The minimum Gasteiger partial charge on any atom is -0.398 e. The maximum Gasteiger partial charge on any atom is 0.0452 e. The van der Waals surface area contributed by atoms with Crippen LogP contribution in [0.4, 0.5) is 5.69 Å². The zero-order chi connectivity index (χ0) is 8.81. The smallest absolute Gasteiger partial charge is 0.0452 e. The van der Waals surface area contributed by atoms with Crippen LogP contribution in [0.5, 0.6) is 0 Å². The van der Waals surface area contributed by atoms with Gasteiger partial charge in [-0.25, -0.2) is 0 Å². The minimum atomic E-state index is 0.750. The Morgan fingerprint density at radius 1 is 1.25 bits per heavy atom. The van der Waals surface area contributed by atoms with E-state index in [2.05, 4.69) is 0 Å². The Morgan fingerprint density at radius 2 is 2.00 bits per heavy atom. The quantitative estimate of drug-likeness (QED) is 0.423. The van der Waals surface area contributed by atoms with Gasteiger partial charge in [-0.05, 0) is 30.9 Å². The lowest BCUT2D eigenvalue weighted by Crippen LogP contribution is -1.99. The summed E-state index contributed by atoms with van der Waals surface area (Å²) in [5.74, 6) is 1.05. The van der Waals surface area contributed by atoms with Gasteiger partial charge in [-0.1, -0.05) is 12.1 Å². The number of hydrogen-bond donors (Lipinski definition) is 2. The first-order chi connectivity index (χ1) is 5.84. The molecular formula is C9H14N2S. The first-order valence-electron chi connectivity index (χ1n) is 4.02. The summed E-state index contributed by atoms with van der Waals surface area (Å²) in [6, 6.07) is 7.91. The summed E-state index contributed by atoms with van der Waals surface area (Å²) < 4.78 is 0.